The molecule has 100 valence electrons. The van der Waals surface area contributed by atoms with E-state index in [9.17, 15) is 9.90 Å². The highest BCUT2D eigenvalue weighted by atomic mass is 16.5. The molecule has 0 saturated heterocycles. The van der Waals surface area contributed by atoms with Gasteiger partial charge in [0.1, 0.15) is 5.75 Å². The third-order valence-corrected chi connectivity index (χ3v) is 2.68. The Labute approximate surface area is 110 Å². The Morgan fingerprint density at radius 1 is 1.42 bits per heavy atom. The van der Waals surface area contributed by atoms with Gasteiger partial charge in [0, 0.05) is 6.54 Å². The summed E-state index contributed by atoms with van der Waals surface area (Å²) in [5.41, 5.74) is 0.680. The molecule has 0 saturated carbocycles. The second kappa shape index (κ2) is 6.06. The molecular formula is C14H15NO4. The topological polar surface area (TPSA) is 71.7 Å². The van der Waals surface area contributed by atoms with Crippen molar-refractivity contribution in [3.05, 3.63) is 54.0 Å². The van der Waals surface area contributed by atoms with E-state index in [0.717, 1.165) is 0 Å². The quantitative estimate of drug-likeness (QED) is 0.860. The number of aliphatic hydroxyl groups excluding tert-OH is 1. The third kappa shape index (κ3) is 3.35. The normalized spacial score (nSPS) is 11.9. The fourth-order valence-electron chi connectivity index (χ4n) is 1.65. The highest BCUT2D eigenvalue weighted by molar-refractivity contribution is 5.91. The van der Waals surface area contributed by atoms with Gasteiger partial charge in [0.15, 0.2) is 5.76 Å². The van der Waals surface area contributed by atoms with Crippen LogP contribution >= 0.6 is 0 Å². The van der Waals surface area contributed by atoms with Gasteiger partial charge in [-0.25, -0.2) is 0 Å². The van der Waals surface area contributed by atoms with Crippen LogP contribution < -0.4 is 10.1 Å². The Bertz CT molecular complexity index is 536. The van der Waals surface area contributed by atoms with Crippen LogP contribution in [0.3, 0.4) is 0 Å². The highest BCUT2D eigenvalue weighted by Gasteiger charge is 2.12. The Kier molecular flexibility index (Phi) is 4.20. The zero-order valence-corrected chi connectivity index (χ0v) is 10.5. The Balaban J connectivity index is 1.93. The number of hydrogen-bond donors (Lipinski definition) is 2. The monoisotopic (exact) mass is 261 g/mol. The summed E-state index contributed by atoms with van der Waals surface area (Å²) in [7, 11) is 1.56. The molecule has 5 heteroatoms. The Hall–Kier alpha value is -2.27. The van der Waals surface area contributed by atoms with Crippen LogP contribution in [0.15, 0.2) is 47.1 Å². The van der Waals surface area contributed by atoms with Crippen molar-refractivity contribution >= 4 is 5.91 Å². The van der Waals surface area contributed by atoms with Crippen LogP contribution in [0.5, 0.6) is 5.75 Å². The molecular weight excluding hydrogens is 246 g/mol. The Morgan fingerprint density at radius 3 is 2.95 bits per heavy atom. The van der Waals surface area contributed by atoms with Crippen molar-refractivity contribution in [2.24, 2.45) is 0 Å². The van der Waals surface area contributed by atoms with E-state index in [1.54, 1.807) is 43.5 Å². The van der Waals surface area contributed by atoms with Crippen LogP contribution in [-0.4, -0.2) is 24.7 Å². The molecule has 5 nitrogen and oxygen atoms in total. The highest BCUT2D eigenvalue weighted by Crippen LogP contribution is 2.18. The number of hydrogen-bond acceptors (Lipinski definition) is 4. The summed E-state index contributed by atoms with van der Waals surface area (Å²) in [6.07, 6.45) is 0.627. The van der Waals surface area contributed by atoms with E-state index in [-0.39, 0.29) is 18.2 Å². The number of methoxy groups -OCH3 is 1. The minimum atomic E-state index is -0.797. The van der Waals surface area contributed by atoms with E-state index >= 15 is 0 Å². The largest absolute Gasteiger partial charge is 0.497 e. The average molecular weight is 261 g/mol. The number of carbonyl (C=O) groups is 1. The average Bonchev–Trinajstić information content (AvgIpc) is 2.98. The van der Waals surface area contributed by atoms with Gasteiger partial charge in [-0.2, -0.15) is 0 Å². The predicted octanol–water partition coefficient (Wildman–Crippen LogP) is 1.75. The lowest BCUT2D eigenvalue weighted by atomic mass is 10.1. The second-order valence-corrected chi connectivity index (χ2v) is 3.98. The van der Waals surface area contributed by atoms with Crippen molar-refractivity contribution in [1.82, 2.24) is 5.32 Å². The summed E-state index contributed by atoms with van der Waals surface area (Å²) in [5, 5.41) is 12.6. The maximum absolute atomic E-state index is 11.6. The van der Waals surface area contributed by atoms with Gasteiger partial charge in [-0.05, 0) is 29.8 Å². The van der Waals surface area contributed by atoms with Crippen molar-refractivity contribution in [3.63, 3.8) is 0 Å². The maximum atomic E-state index is 11.6. The minimum absolute atomic E-state index is 0.104. The first-order valence-electron chi connectivity index (χ1n) is 5.84. The molecule has 0 spiro atoms. The summed E-state index contributed by atoms with van der Waals surface area (Å²) >= 11 is 0. The zero-order valence-electron chi connectivity index (χ0n) is 10.5. The molecule has 0 aliphatic rings. The molecule has 0 fully saturated rings. The van der Waals surface area contributed by atoms with Gasteiger partial charge >= 0.3 is 0 Å². The number of rotatable bonds is 5. The van der Waals surface area contributed by atoms with Crippen LogP contribution in [0.25, 0.3) is 0 Å². The molecule has 19 heavy (non-hydrogen) atoms. The number of amides is 1. The van der Waals surface area contributed by atoms with Crippen molar-refractivity contribution in [2.75, 3.05) is 13.7 Å². The van der Waals surface area contributed by atoms with E-state index in [4.69, 9.17) is 9.15 Å². The van der Waals surface area contributed by atoms with Gasteiger partial charge in [-0.15, -0.1) is 0 Å². The number of benzene rings is 1. The molecule has 1 amide bonds. The molecule has 2 rings (SSSR count). The summed E-state index contributed by atoms with van der Waals surface area (Å²) in [6, 6.07) is 10.3. The van der Waals surface area contributed by atoms with Crippen LogP contribution in [0, 0.1) is 0 Å². The van der Waals surface area contributed by atoms with Gasteiger partial charge in [0.2, 0.25) is 0 Å². The van der Waals surface area contributed by atoms with E-state index in [2.05, 4.69) is 5.32 Å². The fraction of sp³-hybridized carbons (Fsp3) is 0.214. The zero-order chi connectivity index (χ0) is 13.7. The lowest BCUT2D eigenvalue weighted by Gasteiger charge is -2.12. The molecule has 0 aliphatic carbocycles. The molecule has 0 aliphatic heterocycles. The molecule has 1 unspecified atom stereocenters. The third-order valence-electron chi connectivity index (χ3n) is 2.68. The van der Waals surface area contributed by atoms with E-state index in [1.807, 2.05) is 0 Å². The summed E-state index contributed by atoms with van der Waals surface area (Å²) in [6.45, 7) is 0.104. The molecule has 1 aromatic carbocycles. The van der Waals surface area contributed by atoms with E-state index in [0.29, 0.717) is 11.3 Å². The number of ether oxygens (including phenoxy) is 1. The van der Waals surface area contributed by atoms with Crippen molar-refractivity contribution in [1.29, 1.82) is 0 Å². The van der Waals surface area contributed by atoms with Gasteiger partial charge in [-0.3, -0.25) is 4.79 Å². The van der Waals surface area contributed by atoms with Gasteiger partial charge in [0.05, 0.1) is 19.5 Å². The Morgan fingerprint density at radius 2 is 2.26 bits per heavy atom. The van der Waals surface area contributed by atoms with Crippen molar-refractivity contribution < 1.29 is 19.1 Å². The first-order valence-corrected chi connectivity index (χ1v) is 5.84. The van der Waals surface area contributed by atoms with E-state index in [1.165, 1.54) is 6.26 Å². The predicted molar refractivity (Wildman–Crippen MR) is 69.0 cm³/mol. The molecule has 1 aromatic heterocycles. The fourth-order valence-corrected chi connectivity index (χ4v) is 1.65. The van der Waals surface area contributed by atoms with Crippen molar-refractivity contribution in [2.45, 2.75) is 6.10 Å². The van der Waals surface area contributed by atoms with Crippen LogP contribution in [0.2, 0.25) is 0 Å². The van der Waals surface area contributed by atoms with Gasteiger partial charge in [0.25, 0.3) is 5.91 Å². The molecule has 2 aromatic rings. The van der Waals surface area contributed by atoms with Gasteiger partial charge < -0.3 is 19.6 Å². The lowest BCUT2D eigenvalue weighted by Crippen LogP contribution is -2.28. The van der Waals surface area contributed by atoms with Crippen LogP contribution in [-0.2, 0) is 0 Å². The van der Waals surface area contributed by atoms with Crippen LogP contribution in [0.1, 0.15) is 22.2 Å². The maximum Gasteiger partial charge on any atom is 0.287 e. The SMILES string of the molecule is COc1cccc(C(O)CNC(=O)c2ccco2)c1. The number of nitrogens with one attached hydrogen (secondary N) is 1. The summed E-state index contributed by atoms with van der Waals surface area (Å²) in [4.78, 5) is 11.6. The molecule has 0 bridgehead atoms. The molecule has 0 radical (unpaired) electrons. The summed E-state index contributed by atoms with van der Waals surface area (Å²) in [5.74, 6) is 0.527. The first-order chi connectivity index (χ1) is 9.20. The number of carbonyl (C=O) groups excluding carboxylic acids is 1. The minimum Gasteiger partial charge on any atom is -0.497 e. The van der Waals surface area contributed by atoms with Gasteiger partial charge in [-0.1, -0.05) is 12.1 Å². The number of furan rings is 1. The lowest BCUT2D eigenvalue weighted by molar-refractivity contribution is 0.0889. The standard InChI is InChI=1S/C14H15NO4/c1-18-11-5-2-4-10(8-11)12(16)9-15-14(17)13-6-3-7-19-13/h2-8,12,16H,9H2,1H3,(H,15,17). The first kappa shape index (κ1) is 13.2. The molecule has 2 N–H and O–H groups in total. The number of aliphatic hydroxyl groups is 1. The summed E-state index contributed by atoms with van der Waals surface area (Å²) < 4.78 is 10.0. The second-order valence-electron chi connectivity index (χ2n) is 3.98. The van der Waals surface area contributed by atoms with Crippen molar-refractivity contribution in [3.8, 4) is 5.75 Å². The molecule has 1 heterocycles. The smallest absolute Gasteiger partial charge is 0.287 e. The molecule has 1 atom stereocenters. The van der Waals surface area contributed by atoms with E-state index < -0.39 is 6.10 Å². The van der Waals surface area contributed by atoms with Crippen LogP contribution in [0.4, 0.5) is 0 Å².